The van der Waals surface area contributed by atoms with Crippen LogP contribution in [0.15, 0.2) is 42.6 Å². The van der Waals surface area contributed by atoms with Crippen LogP contribution >= 0.6 is 0 Å². The largest absolute Gasteiger partial charge is 0.319 e. The van der Waals surface area contributed by atoms with E-state index in [0.717, 1.165) is 0 Å². The summed E-state index contributed by atoms with van der Waals surface area (Å²) in [4.78, 5) is 29.0. The van der Waals surface area contributed by atoms with Gasteiger partial charge in [0.15, 0.2) is 0 Å². The number of benzene rings is 1. The lowest BCUT2D eigenvalue weighted by atomic mass is 9.86. The van der Waals surface area contributed by atoms with Crippen molar-refractivity contribution in [2.75, 3.05) is 10.6 Å². The Kier molecular flexibility index (Phi) is 6.41. The van der Waals surface area contributed by atoms with Crippen LogP contribution in [-0.4, -0.2) is 32.5 Å². The molecule has 1 aliphatic carbocycles. The van der Waals surface area contributed by atoms with Gasteiger partial charge >= 0.3 is 0 Å². The van der Waals surface area contributed by atoms with Gasteiger partial charge in [-0.2, -0.15) is 5.10 Å². The summed E-state index contributed by atoms with van der Waals surface area (Å²) in [5.74, 6) is -4.26. The van der Waals surface area contributed by atoms with E-state index < -0.39 is 23.6 Å². The van der Waals surface area contributed by atoms with Gasteiger partial charge in [-0.1, -0.05) is 6.07 Å². The Labute approximate surface area is 194 Å². The number of nitrogens with zero attached hydrogens (tertiary/aromatic N) is 3. The Hall–Kier alpha value is -3.69. The minimum atomic E-state index is -2.71. The van der Waals surface area contributed by atoms with Gasteiger partial charge in [-0.25, -0.2) is 13.2 Å². The first kappa shape index (κ1) is 23.5. The zero-order chi connectivity index (χ0) is 24.5. The van der Waals surface area contributed by atoms with Gasteiger partial charge in [-0.15, -0.1) is 0 Å². The zero-order valence-corrected chi connectivity index (χ0v) is 18.7. The summed E-state index contributed by atoms with van der Waals surface area (Å²) in [6.07, 6.45) is 1.22. The third-order valence-electron chi connectivity index (χ3n) is 5.98. The number of hydrogen-bond donors (Lipinski definition) is 2. The first-order valence-corrected chi connectivity index (χ1v) is 10.9. The molecule has 2 N–H and O–H groups in total. The number of amides is 2. The van der Waals surface area contributed by atoms with Gasteiger partial charge in [-0.3, -0.25) is 19.3 Å². The third-order valence-corrected chi connectivity index (χ3v) is 5.98. The second-order valence-corrected chi connectivity index (χ2v) is 8.44. The molecule has 0 aliphatic heterocycles. The third kappa shape index (κ3) is 5.11. The maximum atomic E-state index is 14.7. The zero-order valence-electron chi connectivity index (χ0n) is 18.7. The molecule has 4 rings (SSSR count). The second kappa shape index (κ2) is 9.28. The quantitative estimate of drug-likeness (QED) is 0.551. The first-order chi connectivity index (χ1) is 16.1. The number of aromatic nitrogens is 3. The maximum Gasteiger partial charge on any atom is 0.257 e. The standard InChI is InChI=1S/C24H24F3N5O2/c1-14-17(4-3-11-28-14)23(34)29-19-6-5-16(12-18(19)25)20-13-21(32(2)31-20)30-22(33)15-7-9-24(26,27)10-8-15/h3-6,11-13,15H,7-10H2,1-2H3,(H,29,34)(H,30,33). The molecule has 2 amide bonds. The van der Waals surface area contributed by atoms with Crippen molar-refractivity contribution in [3.05, 3.63) is 59.7 Å². The molecule has 1 fully saturated rings. The molecule has 1 aromatic carbocycles. The summed E-state index contributed by atoms with van der Waals surface area (Å²) in [6, 6.07) is 9.09. The lowest BCUT2D eigenvalue weighted by Crippen LogP contribution is -2.32. The average Bonchev–Trinajstić information content (AvgIpc) is 3.15. The van der Waals surface area contributed by atoms with E-state index in [4.69, 9.17) is 0 Å². The van der Waals surface area contributed by atoms with E-state index in [1.54, 1.807) is 44.4 Å². The summed E-state index contributed by atoms with van der Waals surface area (Å²) in [7, 11) is 1.62. The van der Waals surface area contributed by atoms with Gasteiger partial charge in [-0.05, 0) is 44.0 Å². The van der Waals surface area contributed by atoms with E-state index in [0.29, 0.717) is 28.3 Å². The molecular formula is C24H24F3N5O2. The van der Waals surface area contributed by atoms with Crippen LogP contribution in [0.2, 0.25) is 0 Å². The molecule has 0 radical (unpaired) electrons. The van der Waals surface area contributed by atoms with Crippen LogP contribution in [0, 0.1) is 18.7 Å². The van der Waals surface area contributed by atoms with Crippen molar-refractivity contribution in [3.63, 3.8) is 0 Å². The van der Waals surface area contributed by atoms with E-state index in [2.05, 4.69) is 20.7 Å². The molecule has 0 spiro atoms. The molecule has 0 unspecified atom stereocenters. The molecule has 1 saturated carbocycles. The number of alkyl halides is 2. The Balaban J connectivity index is 1.45. The fourth-order valence-corrected chi connectivity index (χ4v) is 3.95. The maximum absolute atomic E-state index is 14.7. The molecule has 1 aliphatic rings. The number of rotatable bonds is 5. The lowest BCUT2D eigenvalue weighted by molar-refractivity contribution is -0.124. The number of aryl methyl sites for hydroxylation is 2. The summed E-state index contributed by atoms with van der Waals surface area (Å²) in [6.45, 7) is 1.69. The second-order valence-electron chi connectivity index (χ2n) is 8.44. The fraction of sp³-hybridized carbons (Fsp3) is 0.333. The number of carbonyl (C=O) groups excluding carboxylic acids is 2. The van der Waals surface area contributed by atoms with Crippen molar-refractivity contribution in [2.45, 2.75) is 38.5 Å². The van der Waals surface area contributed by atoms with Crippen LogP contribution in [0.25, 0.3) is 11.3 Å². The molecule has 0 bridgehead atoms. The Bertz CT molecular complexity index is 1230. The van der Waals surface area contributed by atoms with Crippen molar-refractivity contribution in [1.29, 1.82) is 0 Å². The van der Waals surface area contributed by atoms with Gasteiger partial charge in [0.2, 0.25) is 11.8 Å². The van der Waals surface area contributed by atoms with E-state index >= 15 is 0 Å². The van der Waals surface area contributed by atoms with Gasteiger partial charge in [0, 0.05) is 49.3 Å². The van der Waals surface area contributed by atoms with Crippen molar-refractivity contribution in [1.82, 2.24) is 14.8 Å². The van der Waals surface area contributed by atoms with Crippen LogP contribution in [0.1, 0.15) is 41.7 Å². The molecule has 7 nitrogen and oxygen atoms in total. The van der Waals surface area contributed by atoms with Crippen molar-refractivity contribution >= 4 is 23.3 Å². The van der Waals surface area contributed by atoms with Gasteiger partial charge in [0.1, 0.15) is 11.6 Å². The van der Waals surface area contributed by atoms with E-state index in [1.807, 2.05) is 0 Å². The number of hydrogen-bond acceptors (Lipinski definition) is 4. The fourth-order valence-electron chi connectivity index (χ4n) is 3.95. The topological polar surface area (TPSA) is 88.9 Å². The first-order valence-electron chi connectivity index (χ1n) is 10.9. The summed E-state index contributed by atoms with van der Waals surface area (Å²) in [5.41, 5.74) is 1.74. The monoisotopic (exact) mass is 471 g/mol. The van der Waals surface area contributed by atoms with Crippen molar-refractivity contribution < 1.29 is 22.8 Å². The number of pyridine rings is 1. The minimum Gasteiger partial charge on any atom is -0.319 e. The smallest absolute Gasteiger partial charge is 0.257 e. The summed E-state index contributed by atoms with van der Waals surface area (Å²) >= 11 is 0. The average molecular weight is 471 g/mol. The molecule has 0 saturated heterocycles. The molecule has 2 aromatic heterocycles. The van der Waals surface area contributed by atoms with Crippen LogP contribution in [0.5, 0.6) is 0 Å². The predicted octanol–water partition coefficient (Wildman–Crippen LogP) is 4.95. The highest BCUT2D eigenvalue weighted by atomic mass is 19.3. The molecule has 178 valence electrons. The molecule has 2 heterocycles. The normalized spacial score (nSPS) is 15.7. The van der Waals surface area contributed by atoms with Gasteiger partial charge in [0.25, 0.3) is 5.91 Å². The van der Waals surface area contributed by atoms with E-state index in [1.165, 1.54) is 16.8 Å². The Morgan fingerprint density at radius 3 is 2.53 bits per heavy atom. The Morgan fingerprint density at radius 2 is 1.85 bits per heavy atom. The SMILES string of the molecule is Cc1ncccc1C(=O)Nc1ccc(-c2cc(NC(=O)C3CCC(F)(F)CC3)n(C)n2)cc1F. The number of nitrogens with one attached hydrogen (secondary N) is 2. The highest BCUT2D eigenvalue weighted by Crippen LogP contribution is 2.36. The highest BCUT2D eigenvalue weighted by Gasteiger charge is 2.37. The summed E-state index contributed by atoms with van der Waals surface area (Å²) < 4.78 is 42.9. The van der Waals surface area contributed by atoms with Crippen LogP contribution < -0.4 is 10.6 Å². The summed E-state index contributed by atoms with van der Waals surface area (Å²) in [5, 5.41) is 9.59. The lowest BCUT2D eigenvalue weighted by Gasteiger charge is -2.27. The van der Waals surface area contributed by atoms with Gasteiger partial charge < -0.3 is 10.6 Å². The highest BCUT2D eigenvalue weighted by molar-refractivity contribution is 6.05. The minimum absolute atomic E-state index is 0.00978. The Morgan fingerprint density at radius 1 is 1.12 bits per heavy atom. The van der Waals surface area contributed by atoms with Crippen molar-refractivity contribution in [3.8, 4) is 11.3 Å². The number of anilines is 2. The van der Waals surface area contributed by atoms with E-state index in [-0.39, 0.29) is 37.3 Å². The van der Waals surface area contributed by atoms with E-state index in [9.17, 15) is 22.8 Å². The van der Waals surface area contributed by atoms with Crippen LogP contribution in [0.4, 0.5) is 24.7 Å². The number of carbonyl (C=O) groups is 2. The molecule has 10 heteroatoms. The van der Waals surface area contributed by atoms with Gasteiger partial charge in [0.05, 0.1) is 16.9 Å². The van der Waals surface area contributed by atoms with Crippen LogP contribution in [0.3, 0.4) is 0 Å². The van der Waals surface area contributed by atoms with Crippen molar-refractivity contribution in [2.24, 2.45) is 13.0 Å². The molecular weight excluding hydrogens is 447 g/mol. The predicted molar refractivity (Wildman–Crippen MR) is 121 cm³/mol. The number of halogens is 3. The molecule has 0 atom stereocenters. The molecule has 34 heavy (non-hydrogen) atoms. The van der Waals surface area contributed by atoms with Crippen LogP contribution in [-0.2, 0) is 11.8 Å². The molecule has 3 aromatic rings.